The number of carbonyl (C=O) groups is 2. The van der Waals surface area contributed by atoms with Gasteiger partial charge in [-0.3, -0.25) is 4.79 Å². The molecule has 1 saturated carbocycles. The highest BCUT2D eigenvalue weighted by Gasteiger charge is 2.51. The lowest BCUT2D eigenvalue weighted by Gasteiger charge is -2.20. The maximum atomic E-state index is 12.2. The first-order valence-corrected chi connectivity index (χ1v) is 6.37. The van der Waals surface area contributed by atoms with Gasteiger partial charge >= 0.3 is 6.09 Å². The van der Waals surface area contributed by atoms with Crippen LogP contribution in [-0.2, 0) is 16.0 Å². The molecule has 0 bridgehead atoms. The second-order valence-corrected chi connectivity index (χ2v) is 5.02. The van der Waals surface area contributed by atoms with Gasteiger partial charge in [-0.25, -0.2) is 9.78 Å². The molecule has 110 valence electrons. The van der Waals surface area contributed by atoms with E-state index < -0.39 is 17.6 Å². The number of aromatic amines is 1. The van der Waals surface area contributed by atoms with Crippen molar-refractivity contribution in [1.29, 1.82) is 0 Å². The van der Waals surface area contributed by atoms with Gasteiger partial charge in [-0.1, -0.05) is 0 Å². The zero-order valence-corrected chi connectivity index (χ0v) is 11.0. The number of rotatable bonds is 7. The van der Waals surface area contributed by atoms with E-state index in [2.05, 4.69) is 15.3 Å². The first-order chi connectivity index (χ1) is 9.55. The number of H-pyrrole nitrogens is 1. The van der Waals surface area contributed by atoms with Gasteiger partial charge in [-0.05, 0) is 12.8 Å². The van der Waals surface area contributed by atoms with Crippen molar-refractivity contribution in [2.24, 2.45) is 11.1 Å². The number of carbonyl (C=O) groups excluding carboxylic acids is 2. The average Bonchev–Trinajstić information content (AvgIpc) is 3.05. The van der Waals surface area contributed by atoms with Crippen molar-refractivity contribution in [1.82, 2.24) is 15.3 Å². The first-order valence-electron chi connectivity index (χ1n) is 6.37. The van der Waals surface area contributed by atoms with Gasteiger partial charge in [0.15, 0.2) is 0 Å². The minimum atomic E-state index is -0.889. The van der Waals surface area contributed by atoms with Crippen molar-refractivity contribution >= 4 is 12.0 Å². The predicted octanol–water partition coefficient (Wildman–Crippen LogP) is -0.695. The third-order valence-corrected chi connectivity index (χ3v) is 3.40. The maximum Gasteiger partial charge on any atom is 0.404 e. The van der Waals surface area contributed by atoms with Crippen molar-refractivity contribution in [2.45, 2.75) is 25.3 Å². The van der Waals surface area contributed by atoms with Crippen LogP contribution in [0.15, 0.2) is 12.5 Å². The third-order valence-electron chi connectivity index (χ3n) is 3.40. The fourth-order valence-electron chi connectivity index (χ4n) is 1.96. The van der Waals surface area contributed by atoms with Gasteiger partial charge < -0.3 is 25.9 Å². The van der Waals surface area contributed by atoms with Gasteiger partial charge in [0.2, 0.25) is 5.91 Å². The highest BCUT2D eigenvalue weighted by Crippen LogP contribution is 2.46. The Balaban J connectivity index is 1.87. The Labute approximate surface area is 115 Å². The van der Waals surface area contributed by atoms with Gasteiger partial charge in [-0.2, -0.15) is 0 Å². The summed E-state index contributed by atoms with van der Waals surface area (Å²) < 4.78 is 4.71. The number of hydrogen-bond acceptors (Lipinski definition) is 5. The zero-order valence-electron chi connectivity index (χ0n) is 11.0. The highest BCUT2D eigenvalue weighted by atomic mass is 16.5. The lowest BCUT2D eigenvalue weighted by molar-refractivity contribution is -0.128. The van der Waals surface area contributed by atoms with Crippen LogP contribution in [0.2, 0.25) is 0 Å². The molecule has 1 aromatic rings. The molecule has 1 unspecified atom stereocenters. The molecule has 20 heavy (non-hydrogen) atoms. The first kappa shape index (κ1) is 14.3. The lowest BCUT2D eigenvalue weighted by Crippen LogP contribution is -2.44. The Morgan fingerprint density at radius 3 is 2.85 bits per heavy atom. The van der Waals surface area contributed by atoms with Crippen LogP contribution in [0, 0.1) is 5.41 Å². The van der Waals surface area contributed by atoms with Crippen molar-refractivity contribution in [3.63, 3.8) is 0 Å². The van der Waals surface area contributed by atoms with Gasteiger partial charge in [-0.15, -0.1) is 0 Å². The van der Waals surface area contributed by atoms with Crippen molar-refractivity contribution < 1.29 is 19.4 Å². The molecule has 2 amide bonds. The number of nitrogens with two attached hydrogens (primary N) is 1. The summed E-state index contributed by atoms with van der Waals surface area (Å²) in [7, 11) is 0. The number of ether oxygens (including phenoxy) is 1. The van der Waals surface area contributed by atoms with Crippen LogP contribution in [0.4, 0.5) is 4.79 Å². The molecule has 5 N–H and O–H groups in total. The Morgan fingerprint density at radius 2 is 2.35 bits per heavy atom. The number of hydrogen-bond donors (Lipinski definition) is 4. The second kappa shape index (κ2) is 5.91. The number of imidazole rings is 1. The average molecular weight is 282 g/mol. The Morgan fingerprint density at radius 1 is 1.60 bits per heavy atom. The van der Waals surface area contributed by atoms with E-state index in [9.17, 15) is 14.7 Å². The quantitative estimate of drug-likeness (QED) is 0.525. The van der Waals surface area contributed by atoms with E-state index in [0.717, 1.165) is 5.69 Å². The number of primary amides is 1. The summed E-state index contributed by atoms with van der Waals surface area (Å²) >= 11 is 0. The maximum absolute atomic E-state index is 12.2. The monoisotopic (exact) mass is 282 g/mol. The molecule has 2 rings (SSSR count). The standard InChI is InChI=1S/C12H18N4O4/c13-11(19)20-6-12(1-2-12)10(18)16-9(5-17)3-8-4-14-7-15-8/h4,7,9,17H,1-3,5-6H2,(H2,13,19)(H,14,15)(H,16,18). The molecule has 1 fully saturated rings. The van der Waals surface area contributed by atoms with Crippen molar-refractivity contribution in [3.8, 4) is 0 Å². The summed E-state index contributed by atoms with van der Waals surface area (Å²) in [6.45, 7) is -0.201. The van der Waals surface area contributed by atoms with Gasteiger partial charge in [0, 0.05) is 18.3 Å². The molecule has 1 heterocycles. The largest absolute Gasteiger partial charge is 0.449 e. The molecule has 0 radical (unpaired) electrons. The second-order valence-electron chi connectivity index (χ2n) is 5.02. The number of aromatic nitrogens is 2. The van der Waals surface area contributed by atoms with Crippen LogP contribution in [0.25, 0.3) is 0 Å². The van der Waals surface area contributed by atoms with Crippen LogP contribution in [-0.4, -0.2) is 46.3 Å². The fraction of sp³-hybridized carbons (Fsp3) is 0.583. The van der Waals surface area contributed by atoms with Crippen LogP contribution < -0.4 is 11.1 Å². The summed E-state index contributed by atoms with van der Waals surface area (Å²) in [4.78, 5) is 29.5. The number of aliphatic hydroxyl groups excluding tert-OH is 1. The minimum absolute atomic E-state index is 0.0175. The van der Waals surface area contributed by atoms with E-state index in [0.29, 0.717) is 19.3 Å². The molecule has 0 saturated heterocycles. The molecule has 0 aromatic carbocycles. The van der Waals surface area contributed by atoms with Crippen molar-refractivity contribution in [3.05, 3.63) is 18.2 Å². The summed E-state index contributed by atoms with van der Waals surface area (Å²) in [5.74, 6) is -0.225. The van der Waals surface area contributed by atoms with Crippen LogP contribution in [0.5, 0.6) is 0 Å². The van der Waals surface area contributed by atoms with E-state index in [4.69, 9.17) is 10.5 Å². The van der Waals surface area contributed by atoms with Gasteiger partial charge in [0.25, 0.3) is 0 Å². The number of nitrogens with one attached hydrogen (secondary N) is 2. The highest BCUT2D eigenvalue weighted by molar-refractivity contribution is 5.86. The summed E-state index contributed by atoms with van der Waals surface area (Å²) in [5.41, 5.74) is 5.04. The summed E-state index contributed by atoms with van der Waals surface area (Å²) in [6, 6.07) is -0.408. The molecule has 1 aromatic heterocycles. The third kappa shape index (κ3) is 3.47. The molecule has 8 nitrogen and oxygen atoms in total. The number of nitrogens with zero attached hydrogens (tertiary/aromatic N) is 1. The topological polar surface area (TPSA) is 130 Å². The van der Waals surface area contributed by atoms with E-state index in [1.165, 1.54) is 6.33 Å². The molecule has 1 aliphatic rings. The summed E-state index contributed by atoms with van der Waals surface area (Å²) in [5, 5.41) is 12.1. The van der Waals surface area contributed by atoms with Crippen molar-refractivity contribution in [2.75, 3.05) is 13.2 Å². The Kier molecular flexibility index (Phi) is 4.23. The molecule has 1 atom stereocenters. The Hall–Kier alpha value is -2.09. The van der Waals surface area contributed by atoms with Crippen LogP contribution in [0.1, 0.15) is 18.5 Å². The fourth-order valence-corrected chi connectivity index (χ4v) is 1.96. The van der Waals surface area contributed by atoms with Gasteiger partial charge in [0.1, 0.15) is 6.61 Å². The molecule has 0 spiro atoms. The molecular formula is C12H18N4O4. The van der Waals surface area contributed by atoms with Crippen LogP contribution in [0.3, 0.4) is 0 Å². The van der Waals surface area contributed by atoms with Gasteiger partial charge in [0.05, 0.1) is 24.4 Å². The van der Waals surface area contributed by atoms with E-state index in [-0.39, 0.29) is 19.1 Å². The SMILES string of the molecule is NC(=O)OCC1(C(=O)NC(CO)Cc2cnc[nH]2)CC1. The zero-order chi connectivity index (χ0) is 14.6. The molecule has 0 aliphatic heterocycles. The Bertz CT molecular complexity index is 470. The van der Waals surface area contributed by atoms with E-state index in [1.54, 1.807) is 6.20 Å². The molecular weight excluding hydrogens is 264 g/mol. The summed E-state index contributed by atoms with van der Waals surface area (Å²) in [6.07, 6.45) is 4.03. The molecule has 8 heteroatoms. The lowest BCUT2D eigenvalue weighted by atomic mass is 10.1. The molecule has 1 aliphatic carbocycles. The smallest absolute Gasteiger partial charge is 0.404 e. The number of amides is 2. The van der Waals surface area contributed by atoms with E-state index in [1.807, 2.05) is 0 Å². The predicted molar refractivity (Wildman–Crippen MR) is 68.5 cm³/mol. The van der Waals surface area contributed by atoms with E-state index >= 15 is 0 Å². The van der Waals surface area contributed by atoms with Crippen LogP contribution >= 0.6 is 0 Å². The normalized spacial score (nSPS) is 17.2. The minimum Gasteiger partial charge on any atom is -0.449 e. The number of aliphatic hydroxyl groups is 1.